The molecule has 0 radical (unpaired) electrons. The molecule has 0 fully saturated rings. The summed E-state index contributed by atoms with van der Waals surface area (Å²) in [5.41, 5.74) is 0.532. The van der Waals surface area contributed by atoms with E-state index >= 15 is 0 Å². The highest BCUT2D eigenvalue weighted by Crippen LogP contribution is 2.13. The van der Waals surface area contributed by atoms with Gasteiger partial charge in [0.25, 0.3) is 5.91 Å². The van der Waals surface area contributed by atoms with Crippen molar-refractivity contribution in [3.63, 3.8) is 0 Å². The van der Waals surface area contributed by atoms with E-state index in [9.17, 15) is 18.4 Å². The van der Waals surface area contributed by atoms with Crippen molar-refractivity contribution < 1.29 is 23.5 Å². The van der Waals surface area contributed by atoms with Crippen LogP contribution in [0.3, 0.4) is 0 Å². The van der Waals surface area contributed by atoms with Crippen molar-refractivity contribution in [1.82, 2.24) is 19.9 Å². The minimum absolute atomic E-state index is 0.0173. The number of amides is 1. The van der Waals surface area contributed by atoms with Gasteiger partial charge >= 0.3 is 5.97 Å². The lowest BCUT2D eigenvalue weighted by Crippen LogP contribution is -2.32. The van der Waals surface area contributed by atoms with Crippen LogP contribution in [-0.2, 0) is 11.3 Å². The van der Waals surface area contributed by atoms with Crippen molar-refractivity contribution in [2.24, 2.45) is 0 Å². The summed E-state index contributed by atoms with van der Waals surface area (Å²) >= 11 is 0. The lowest BCUT2D eigenvalue weighted by molar-refractivity contribution is -0.137. The van der Waals surface area contributed by atoms with E-state index in [1.54, 1.807) is 6.92 Å². The molecule has 0 saturated carbocycles. The first-order valence-corrected chi connectivity index (χ1v) is 6.61. The Labute approximate surface area is 130 Å². The molecule has 1 N–H and O–H groups in total. The van der Waals surface area contributed by atoms with Crippen LogP contribution >= 0.6 is 0 Å². The third-order valence-corrected chi connectivity index (χ3v) is 3.24. The summed E-state index contributed by atoms with van der Waals surface area (Å²) in [4.78, 5) is 23.7. The summed E-state index contributed by atoms with van der Waals surface area (Å²) in [6.07, 6.45) is 0. The molecule has 122 valence electrons. The summed E-state index contributed by atoms with van der Waals surface area (Å²) in [6.45, 7) is 1.06. The Morgan fingerprint density at radius 1 is 1.35 bits per heavy atom. The van der Waals surface area contributed by atoms with E-state index in [0.29, 0.717) is 5.69 Å². The molecule has 0 aliphatic heterocycles. The second kappa shape index (κ2) is 6.51. The van der Waals surface area contributed by atoms with Crippen LogP contribution < -0.4 is 0 Å². The van der Waals surface area contributed by atoms with Crippen LogP contribution in [0.15, 0.2) is 18.2 Å². The van der Waals surface area contributed by atoms with E-state index in [1.165, 1.54) is 17.8 Å². The van der Waals surface area contributed by atoms with Crippen LogP contribution in [0.5, 0.6) is 0 Å². The molecule has 0 spiro atoms. The van der Waals surface area contributed by atoms with Gasteiger partial charge in [-0.3, -0.25) is 9.59 Å². The average molecular weight is 324 g/mol. The largest absolute Gasteiger partial charge is 0.480 e. The summed E-state index contributed by atoms with van der Waals surface area (Å²) in [7, 11) is 1.33. The Balaban J connectivity index is 2.22. The highest BCUT2D eigenvalue weighted by atomic mass is 19.1. The van der Waals surface area contributed by atoms with Crippen molar-refractivity contribution in [2.45, 2.75) is 13.5 Å². The van der Waals surface area contributed by atoms with Gasteiger partial charge < -0.3 is 10.0 Å². The van der Waals surface area contributed by atoms with E-state index in [2.05, 4.69) is 10.3 Å². The summed E-state index contributed by atoms with van der Waals surface area (Å²) < 4.78 is 27.8. The summed E-state index contributed by atoms with van der Waals surface area (Å²) in [6, 6.07) is 3.16. The lowest BCUT2D eigenvalue weighted by atomic mass is 10.2. The van der Waals surface area contributed by atoms with Crippen LogP contribution in [0.4, 0.5) is 8.78 Å². The molecule has 0 unspecified atom stereocenters. The van der Waals surface area contributed by atoms with Gasteiger partial charge in [-0.2, -0.15) is 0 Å². The molecule has 1 amide bonds. The number of hydrogen-bond donors (Lipinski definition) is 1. The van der Waals surface area contributed by atoms with Crippen LogP contribution in [0.1, 0.15) is 21.7 Å². The fourth-order valence-corrected chi connectivity index (χ4v) is 1.97. The number of carboxylic acid groups (broad SMARTS) is 1. The molecule has 0 aliphatic rings. The normalized spacial score (nSPS) is 10.6. The van der Waals surface area contributed by atoms with E-state index in [4.69, 9.17) is 5.11 Å². The molecule has 0 saturated heterocycles. The number of halogens is 2. The monoisotopic (exact) mass is 324 g/mol. The SMILES string of the molecule is Cc1c(C(=O)N(C)CC(=O)O)nnn1Cc1ccc(F)cc1F. The molecule has 23 heavy (non-hydrogen) atoms. The maximum atomic E-state index is 13.7. The number of carbonyl (C=O) groups is 2. The fraction of sp³-hybridized carbons (Fsp3) is 0.286. The van der Waals surface area contributed by atoms with Crippen molar-refractivity contribution in [3.8, 4) is 0 Å². The molecule has 0 atom stereocenters. The third-order valence-electron chi connectivity index (χ3n) is 3.24. The number of aliphatic carboxylic acids is 1. The Morgan fingerprint density at radius 3 is 2.65 bits per heavy atom. The molecular formula is C14H14F2N4O3. The van der Waals surface area contributed by atoms with Gasteiger partial charge in [-0.15, -0.1) is 5.10 Å². The summed E-state index contributed by atoms with van der Waals surface area (Å²) in [5.74, 6) is -3.17. The van der Waals surface area contributed by atoms with Crippen molar-refractivity contribution in [3.05, 3.63) is 46.8 Å². The molecule has 0 aliphatic carbocycles. The van der Waals surface area contributed by atoms with E-state index < -0.39 is 30.1 Å². The highest BCUT2D eigenvalue weighted by Gasteiger charge is 2.22. The number of aromatic nitrogens is 3. The molecule has 0 bridgehead atoms. The first kappa shape index (κ1) is 16.5. The van der Waals surface area contributed by atoms with Gasteiger partial charge in [0.1, 0.15) is 18.2 Å². The van der Waals surface area contributed by atoms with Crippen molar-refractivity contribution >= 4 is 11.9 Å². The second-order valence-corrected chi connectivity index (χ2v) is 4.97. The molecule has 1 aromatic heterocycles. The molecule has 1 heterocycles. The minimum Gasteiger partial charge on any atom is -0.480 e. The predicted molar refractivity (Wildman–Crippen MR) is 74.8 cm³/mol. The summed E-state index contributed by atoms with van der Waals surface area (Å²) in [5, 5.41) is 16.2. The second-order valence-electron chi connectivity index (χ2n) is 4.97. The van der Waals surface area contributed by atoms with Gasteiger partial charge in [0, 0.05) is 18.7 Å². The van der Waals surface area contributed by atoms with Crippen LogP contribution in [0.2, 0.25) is 0 Å². The molecular weight excluding hydrogens is 310 g/mol. The van der Waals surface area contributed by atoms with Gasteiger partial charge in [-0.25, -0.2) is 13.5 Å². The van der Waals surface area contributed by atoms with Gasteiger partial charge in [-0.1, -0.05) is 11.3 Å². The predicted octanol–water partition coefficient (Wildman–Crippen LogP) is 1.07. The average Bonchev–Trinajstić information content (AvgIpc) is 2.81. The zero-order valence-corrected chi connectivity index (χ0v) is 12.5. The number of carboxylic acids is 1. The highest BCUT2D eigenvalue weighted by molar-refractivity contribution is 5.94. The first-order valence-electron chi connectivity index (χ1n) is 6.61. The van der Waals surface area contributed by atoms with Crippen molar-refractivity contribution in [2.75, 3.05) is 13.6 Å². The third kappa shape index (κ3) is 3.68. The number of hydrogen-bond acceptors (Lipinski definition) is 4. The lowest BCUT2D eigenvalue weighted by Gasteiger charge is -2.13. The Hall–Kier alpha value is -2.84. The fourth-order valence-electron chi connectivity index (χ4n) is 1.97. The van der Waals surface area contributed by atoms with E-state index in [-0.39, 0.29) is 17.8 Å². The zero-order valence-electron chi connectivity index (χ0n) is 12.5. The first-order chi connectivity index (χ1) is 10.8. The standard InChI is InChI=1S/C14H14F2N4O3/c1-8-13(14(23)19(2)7-12(21)22)17-18-20(8)6-9-3-4-10(15)5-11(9)16/h3-5H,6-7H2,1-2H3,(H,21,22). The molecule has 9 heteroatoms. The van der Waals surface area contributed by atoms with Gasteiger partial charge in [0.15, 0.2) is 5.69 Å². The van der Waals surface area contributed by atoms with Crippen LogP contribution in [0, 0.1) is 18.6 Å². The van der Waals surface area contributed by atoms with Gasteiger partial charge in [-0.05, 0) is 13.0 Å². The van der Waals surface area contributed by atoms with Crippen molar-refractivity contribution in [1.29, 1.82) is 0 Å². The van der Waals surface area contributed by atoms with Gasteiger partial charge in [0.05, 0.1) is 12.2 Å². The number of nitrogens with zero attached hydrogens (tertiary/aromatic N) is 4. The molecule has 2 aromatic rings. The van der Waals surface area contributed by atoms with E-state index in [0.717, 1.165) is 17.0 Å². The number of carbonyl (C=O) groups excluding carboxylic acids is 1. The molecule has 2 rings (SSSR count). The smallest absolute Gasteiger partial charge is 0.323 e. The maximum Gasteiger partial charge on any atom is 0.323 e. The Kier molecular flexibility index (Phi) is 4.68. The molecule has 1 aromatic carbocycles. The quantitative estimate of drug-likeness (QED) is 0.889. The zero-order chi connectivity index (χ0) is 17.1. The number of benzene rings is 1. The van der Waals surface area contributed by atoms with Crippen LogP contribution in [0.25, 0.3) is 0 Å². The number of rotatable bonds is 5. The topological polar surface area (TPSA) is 88.3 Å². The van der Waals surface area contributed by atoms with E-state index in [1.807, 2.05) is 0 Å². The minimum atomic E-state index is -1.15. The Morgan fingerprint density at radius 2 is 2.04 bits per heavy atom. The van der Waals surface area contributed by atoms with Crippen LogP contribution in [-0.4, -0.2) is 50.5 Å². The Bertz CT molecular complexity index is 760. The maximum absolute atomic E-state index is 13.7. The number of likely N-dealkylation sites (N-methyl/N-ethyl adjacent to an activating group) is 1. The molecule has 7 nitrogen and oxygen atoms in total. The van der Waals surface area contributed by atoms with Gasteiger partial charge in [0.2, 0.25) is 0 Å².